The zero-order valence-electron chi connectivity index (χ0n) is 3.71. The molecule has 0 nitrogen and oxygen atoms in total. The fraction of sp³-hybridized carbons (Fsp3) is 1.00. The molecule has 0 aliphatic carbocycles. The van der Waals surface area contributed by atoms with Crippen LogP contribution in [0.4, 0.5) is 0 Å². The van der Waals surface area contributed by atoms with Crippen molar-refractivity contribution < 1.29 is 0 Å². The first-order valence-corrected chi connectivity index (χ1v) is 9.06. The maximum Gasteiger partial charge on any atom is 0.234 e. The lowest BCUT2D eigenvalue weighted by atomic mass is 11.9. The molecule has 0 aromatic carbocycles. The molecule has 0 aromatic rings. The van der Waals surface area contributed by atoms with Crippen molar-refractivity contribution in [3.8, 4) is 0 Å². The summed E-state index contributed by atoms with van der Waals surface area (Å²) < 4.78 is 0. The Bertz CT molecular complexity index is 13.5. The van der Waals surface area contributed by atoms with Gasteiger partial charge >= 0.3 is 0 Å². The van der Waals surface area contributed by atoms with Crippen LogP contribution in [0.1, 0.15) is 0 Å². The molecule has 0 bridgehead atoms. The molecule has 0 N–H and O–H groups in total. The van der Waals surface area contributed by atoms with Crippen LogP contribution in [0.3, 0.4) is 0 Å². The van der Waals surface area contributed by atoms with Gasteiger partial charge in [-0.1, -0.05) is 0 Å². The summed E-state index contributed by atoms with van der Waals surface area (Å²) in [6, 6.07) is 0. The van der Waals surface area contributed by atoms with Crippen LogP contribution >= 0.6 is 33.2 Å². The van der Waals surface area contributed by atoms with Gasteiger partial charge in [0.2, 0.25) is 7.42 Å². The Kier molecular flexibility index (Phi) is 16.5. The summed E-state index contributed by atoms with van der Waals surface area (Å²) in [5.74, 6) is 0. The third kappa shape index (κ3) is 57.8. The summed E-state index contributed by atoms with van der Waals surface area (Å²) in [7, 11) is -0.417. The molecule has 0 aliphatic rings. The van der Waals surface area contributed by atoms with E-state index >= 15 is 0 Å². The molecular formula is CH7Cl3Si2. The van der Waals surface area contributed by atoms with Crippen LogP contribution in [0.5, 0.6) is 0 Å². The molecule has 0 saturated heterocycles. The Morgan fingerprint density at radius 1 is 1.33 bits per heavy atom. The van der Waals surface area contributed by atoms with E-state index in [1.165, 1.54) is 0 Å². The Hall–Kier alpha value is 1.30. The molecule has 0 atom stereocenters. The van der Waals surface area contributed by atoms with Crippen LogP contribution in [0, 0.1) is 0 Å². The summed E-state index contributed by atoms with van der Waals surface area (Å²) in [5, 5.41) is 0. The minimum atomic E-state index is -1.19. The summed E-state index contributed by atoms with van der Waals surface area (Å²) in [4.78, 5) is 0. The van der Waals surface area contributed by atoms with E-state index in [1.807, 2.05) is 6.55 Å². The smallest absolute Gasteiger partial charge is 0.181 e. The van der Waals surface area contributed by atoms with Crippen molar-refractivity contribution in [1.29, 1.82) is 0 Å². The van der Waals surface area contributed by atoms with Crippen LogP contribution in [0.25, 0.3) is 0 Å². The van der Waals surface area contributed by atoms with Crippen LogP contribution in [-0.4, -0.2) is 17.0 Å². The van der Waals surface area contributed by atoms with Gasteiger partial charge in [0.05, 0.1) is 0 Å². The monoisotopic (exact) mass is 180 g/mol. The fourth-order valence-corrected chi connectivity index (χ4v) is 0. The molecule has 0 unspecified atom stereocenters. The SMILES string of the molecule is C[SiH](Cl)Cl.[SiH3]Cl. The highest BCUT2D eigenvalue weighted by atomic mass is 35.7. The number of rotatable bonds is 0. The largest absolute Gasteiger partial charge is 0.234 e. The predicted molar refractivity (Wildman–Crippen MR) is 40.5 cm³/mol. The highest BCUT2D eigenvalue weighted by molar-refractivity contribution is 7.33. The lowest BCUT2D eigenvalue weighted by Gasteiger charge is -1.68. The second-order valence-electron chi connectivity index (χ2n) is 0.519. The number of hydrogen-bond donors (Lipinski definition) is 0. The molecule has 0 aromatic heterocycles. The van der Waals surface area contributed by atoms with E-state index in [1.54, 1.807) is 0 Å². The highest BCUT2D eigenvalue weighted by Crippen LogP contribution is 1.89. The molecule has 0 heterocycles. The third-order valence-electron chi connectivity index (χ3n) is 0. The lowest BCUT2D eigenvalue weighted by Crippen LogP contribution is -1.72. The maximum atomic E-state index is 5.18. The molecule has 0 rings (SSSR count). The van der Waals surface area contributed by atoms with E-state index in [9.17, 15) is 0 Å². The molecular weight excluding hydrogens is 175 g/mol. The van der Waals surface area contributed by atoms with E-state index in [2.05, 4.69) is 0 Å². The molecule has 0 amide bonds. The highest BCUT2D eigenvalue weighted by Gasteiger charge is 1.80. The van der Waals surface area contributed by atoms with Gasteiger partial charge < -0.3 is 0 Å². The summed E-state index contributed by atoms with van der Waals surface area (Å²) in [5.41, 5.74) is 0. The first kappa shape index (κ1) is 10.3. The van der Waals surface area contributed by atoms with Crippen molar-refractivity contribution >= 4 is 50.2 Å². The van der Waals surface area contributed by atoms with Gasteiger partial charge in [0.1, 0.15) is 9.55 Å². The van der Waals surface area contributed by atoms with E-state index in [0.29, 0.717) is 0 Å². The quantitative estimate of drug-likeness (QED) is 0.384. The van der Waals surface area contributed by atoms with E-state index < -0.39 is 7.42 Å². The summed E-state index contributed by atoms with van der Waals surface area (Å²) in [6.45, 7) is 1.84. The molecule has 0 aliphatic heterocycles. The molecule has 40 valence electrons. The van der Waals surface area contributed by atoms with Crippen molar-refractivity contribution in [3.63, 3.8) is 0 Å². The summed E-state index contributed by atoms with van der Waals surface area (Å²) in [6.07, 6.45) is 0. The summed E-state index contributed by atoms with van der Waals surface area (Å²) >= 11 is 15.1. The van der Waals surface area contributed by atoms with Gasteiger partial charge in [0.25, 0.3) is 0 Å². The van der Waals surface area contributed by atoms with Crippen LogP contribution in [0.2, 0.25) is 6.55 Å². The Morgan fingerprint density at radius 3 is 1.33 bits per heavy atom. The number of halogens is 3. The minimum absolute atomic E-state index is 0.778. The van der Waals surface area contributed by atoms with Crippen molar-refractivity contribution in [3.05, 3.63) is 0 Å². The first-order chi connectivity index (χ1) is 2.73. The first-order valence-electron chi connectivity index (χ1n) is 1.39. The van der Waals surface area contributed by atoms with Gasteiger partial charge in [-0.05, 0) is 6.55 Å². The molecule has 6 heavy (non-hydrogen) atoms. The standard InChI is InChI=1S/CH4Cl2Si.ClH3Si/c1-4(2)3;1-2/h4H,1H3;2H3. The average Bonchev–Trinajstić information content (AvgIpc) is 1.41. The van der Waals surface area contributed by atoms with E-state index in [4.69, 9.17) is 33.2 Å². The molecule has 0 radical (unpaired) electrons. The van der Waals surface area contributed by atoms with Gasteiger partial charge in [0.15, 0.2) is 0 Å². The Labute approximate surface area is 56.9 Å². The molecule has 0 saturated carbocycles. The van der Waals surface area contributed by atoms with E-state index in [-0.39, 0.29) is 0 Å². The zero-order valence-corrected chi connectivity index (χ0v) is 9.13. The molecule has 0 fully saturated rings. The average molecular weight is 182 g/mol. The minimum Gasteiger partial charge on any atom is -0.181 e. The third-order valence-corrected chi connectivity index (χ3v) is 0. The van der Waals surface area contributed by atoms with Crippen molar-refractivity contribution in [2.24, 2.45) is 0 Å². The van der Waals surface area contributed by atoms with Gasteiger partial charge in [-0.25, -0.2) is 0 Å². The molecule has 0 spiro atoms. The lowest BCUT2D eigenvalue weighted by molar-refractivity contribution is 2.34. The second kappa shape index (κ2) is 9.57. The zero-order chi connectivity index (χ0) is 5.58. The second-order valence-corrected chi connectivity index (χ2v) is 6.15. The predicted octanol–water partition coefficient (Wildman–Crippen LogP) is 0.820. The van der Waals surface area contributed by atoms with Crippen molar-refractivity contribution in [1.82, 2.24) is 0 Å². The van der Waals surface area contributed by atoms with E-state index in [0.717, 1.165) is 9.55 Å². The fourth-order valence-electron chi connectivity index (χ4n) is 0. The number of hydrogen-bond acceptors (Lipinski definition) is 0. The Morgan fingerprint density at radius 2 is 1.33 bits per heavy atom. The van der Waals surface area contributed by atoms with Crippen molar-refractivity contribution in [2.45, 2.75) is 6.55 Å². The van der Waals surface area contributed by atoms with Crippen LogP contribution in [0.15, 0.2) is 0 Å². The van der Waals surface area contributed by atoms with Gasteiger partial charge in [0, 0.05) is 0 Å². The topological polar surface area (TPSA) is 0 Å². The maximum absolute atomic E-state index is 5.18. The molecule has 5 heteroatoms. The van der Waals surface area contributed by atoms with Crippen LogP contribution in [-0.2, 0) is 0 Å². The van der Waals surface area contributed by atoms with Crippen LogP contribution < -0.4 is 0 Å². The van der Waals surface area contributed by atoms with Gasteiger partial charge in [-0.2, -0.15) is 33.2 Å². The Balaban J connectivity index is 0. The normalized spacial score (nSPS) is 7.50. The van der Waals surface area contributed by atoms with Gasteiger partial charge in [-0.15, -0.1) is 0 Å². The van der Waals surface area contributed by atoms with Crippen molar-refractivity contribution in [2.75, 3.05) is 0 Å². The van der Waals surface area contributed by atoms with Gasteiger partial charge in [-0.3, -0.25) is 0 Å².